The van der Waals surface area contributed by atoms with Gasteiger partial charge in [0.05, 0.1) is 11.4 Å². The number of hydrogen-bond donors (Lipinski definition) is 1. The lowest BCUT2D eigenvalue weighted by Crippen LogP contribution is -2.13. The molecule has 1 aliphatic heterocycles. The summed E-state index contributed by atoms with van der Waals surface area (Å²) < 4.78 is 0. The van der Waals surface area contributed by atoms with Gasteiger partial charge >= 0.3 is 0 Å². The van der Waals surface area contributed by atoms with E-state index in [4.69, 9.17) is 0 Å². The van der Waals surface area contributed by atoms with Crippen LogP contribution in [-0.2, 0) is 4.79 Å². The molecule has 1 saturated carbocycles. The van der Waals surface area contributed by atoms with E-state index in [9.17, 15) is 4.79 Å². The first kappa shape index (κ1) is 12.3. The van der Waals surface area contributed by atoms with Gasteiger partial charge in [-0.05, 0) is 36.5 Å². The second-order valence-electron chi connectivity index (χ2n) is 5.66. The van der Waals surface area contributed by atoms with E-state index in [0.717, 1.165) is 22.5 Å². The zero-order chi connectivity index (χ0) is 14.2. The number of benzene rings is 2. The minimum atomic E-state index is -0.0543. The van der Waals surface area contributed by atoms with E-state index in [1.54, 1.807) is 0 Å². The number of benzodiazepines with no additional fused rings is 1. The molecule has 0 spiro atoms. The highest BCUT2D eigenvalue weighted by Crippen LogP contribution is 2.41. The molecule has 2 aromatic carbocycles. The molecule has 4 rings (SSSR count). The van der Waals surface area contributed by atoms with Gasteiger partial charge < -0.3 is 5.32 Å². The SMILES string of the molecule is O=C1CN=C(c2ccccc2)c2cc(C3CC3)ccc2N1. The highest BCUT2D eigenvalue weighted by molar-refractivity contribution is 6.19. The summed E-state index contributed by atoms with van der Waals surface area (Å²) in [5, 5.41) is 2.96. The third kappa shape index (κ3) is 2.35. The number of nitrogens with one attached hydrogen (secondary N) is 1. The average molecular weight is 276 g/mol. The standard InChI is InChI=1S/C18H16N2O/c21-17-11-19-18(13-4-2-1-3-5-13)15-10-14(12-6-7-12)8-9-16(15)20-17/h1-5,8-10,12H,6-7,11H2,(H,20,21). The Balaban J connectivity index is 1.87. The Kier molecular flexibility index (Phi) is 2.85. The Bertz CT molecular complexity index is 730. The van der Waals surface area contributed by atoms with Gasteiger partial charge in [-0.25, -0.2) is 0 Å². The Morgan fingerprint density at radius 3 is 2.62 bits per heavy atom. The first-order valence-electron chi connectivity index (χ1n) is 7.35. The molecular formula is C18H16N2O. The summed E-state index contributed by atoms with van der Waals surface area (Å²) in [7, 11) is 0. The molecule has 0 saturated heterocycles. The van der Waals surface area contributed by atoms with Crippen LogP contribution in [0.5, 0.6) is 0 Å². The normalized spacial score (nSPS) is 17.5. The number of amides is 1. The molecular weight excluding hydrogens is 260 g/mol. The zero-order valence-electron chi connectivity index (χ0n) is 11.7. The fraction of sp³-hybridized carbons (Fsp3) is 0.222. The van der Waals surface area contributed by atoms with Crippen LogP contribution in [0.2, 0.25) is 0 Å². The number of aliphatic imine (C=N–C) groups is 1. The van der Waals surface area contributed by atoms with Gasteiger partial charge in [0.2, 0.25) is 5.91 Å². The minimum absolute atomic E-state index is 0.0543. The second-order valence-corrected chi connectivity index (χ2v) is 5.66. The van der Waals surface area contributed by atoms with E-state index in [0.29, 0.717) is 5.92 Å². The number of anilines is 1. The minimum Gasteiger partial charge on any atom is -0.324 e. The average Bonchev–Trinajstić information content (AvgIpc) is 3.34. The van der Waals surface area contributed by atoms with Crippen LogP contribution in [-0.4, -0.2) is 18.2 Å². The lowest BCUT2D eigenvalue weighted by Gasteiger charge is -2.12. The van der Waals surface area contributed by atoms with E-state index in [-0.39, 0.29) is 12.5 Å². The van der Waals surface area contributed by atoms with Crippen molar-refractivity contribution in [2.24, 2.45) is 4.99 Å². The van der Waals surface area contributed by atoms with Gasteiger partial charge in [0.15, 0.2) is 0 Å². The van der Waals surface area contributed by atoms with Crippen molar-refractivity contribution in [3.63, 3.8) is 0 Å². The van der Waals surface area contributed by atoms with Crippen molar-refractivity contribution in [3.8, 4) is 0 Å². The molecule has 3 nitrogen and oxygen atoms in total. The maximum absolute atomic E-state index is 11.8. The lowest BCUT2D eigenvalue weighted by atomic mass is 9.97. The van der Waals surface area contributed by atoms with E-state index < -0.39 is 0 Å². The van der Waals surface area contributed by atoms with E-state index in [1.165, 1.54) is 18.4 Å². The number of rotatable bonds is 2. The molecule has 21 heavy (non-hydrogen) atoms. The van der Waals surface area contributed by atoms with Crippen LogP contribution >= 0.6 is 0 Å². The van der Waals surface area contributed by atoms with Gasteiger partial charge in [-0.1, -0.05) is 36.4 Å². The summed E-state index contributed by atoms with van der Waals surface area (Å²) in [5.74, 6) is 0.632. The van der Waals surface area contributed by atoms with Crippen LogP contribution < -0.4 is 5.32 Å². The molecule has 0 bridgehead atoms. The molecule has 1 N–H and O–H groups in total. The molecule has 2 aromatic rings. The Morgan fingerprint density at radius 2 is 1.86 bits per heavy atom. The molecule has 2 aliphatic rings. The third-order valence-corrected chi connectivity index (χ3v) is 4.05. The van der Waals surface area contributed by atoms with E-state index >= 15 is 0 Å². The van der Waals surface area contributed by atoms with Gasteiger partial charge in [-0.3, -0.25) is 9.79 Å². The fourth-order valence-corrected chi connectivity index (χ4v) is 2.81. The molecule has 1 heterocycles. The van der Waals surface area contributed by atoms with Gasteiger partial charge in [0, 0.05) is 11.1 Å². The molecule has 0 aromatic heterocycles. The first-order valence-corrected chi connectivity index (χ1v) is 7.35. The maximum Gasteiger partial charge on any atom is 0.246 e. The fourth-order valence-electron chi connectivity index (χ4n) is 2.81. The maximum atomic E-state index is 11.8. The molecule has 0 atom stereocenters. The third-order valence-electron chi connectivity index (χ3n) is 4.05. The van der Waals surface area contributed by atoms with E-state index in [2.05, 4.69) is 22.4 Å². The Labute approximate surface area is 123 Å². The monoisotopic (exact) mass is 276 g/mol. The first-order chi connectivity index (χ1) is 10.3. The summed E-state index contributed by atoms with van der Waals surface area (Å²) in [6.07, 6.45) is 2.53. The van der Waals surface area contributed by atoms with Crippen LogP contribution in [0.25, 0.3) is 0 Å². The number of hydrogen-bond acceptors (Lipinski definition) is 2. The van der Waals surface area contributed by atoms with Crippen LogP contribution in [0.3, 0.4) is 0 Å². The van der Waals surface area contributed by atoms with Crippen LogP contribution in [0.15, 0.2) is 53.5 Å². The largest absolute Gasteiger partial charge is 0.324 e. The Morgan fingerprint density at radius 1 is 1.05 bits per heavy atom. The van der Waals surface area contributed by atoms with Gasteiger partial charge in [-0.15, -0.1) is 0 Å². The van der Waals surface area contributed by atoms with Crippen LogP contribution in [0.1, 0.15) is 35.4 Å². The summed E-state index contributed by atoms with van der Waals surface area (Å²) in [5.41, 5.74) is 5.23. The number of fused-ring (bicyclic) bond motifs is 1. The van der Waals surface area contributed by atoms with Crippen molar-refractivity contribution in [2.75, 3.05) is 11.9 Å². The zero-order valence-corrected chi connectivity index (χ0v) is 11.7. The topological polar surface area (TPSA) is 41.5 Å². The Hall–Kier alpha value is -2.42. The highest BCUT2D eigenvalue weighted by Gasteiger charge is 2.26. The summed E-state index contributed by atoms with van der Waals surface area (Å²) in [6.45, 7) is 0.178. The molecule has 104 valence electrons. The van der Waals surface area contributed by atoms with Crippen molar-refractivity contribution in [2.45, 2.75) is 18.8 Å². The molecule has 1 aliphatic carbocycles. The van der Waals surface area contributed by atoms with Crippen molar-refractivity contribution in [1.29, 1.82) is 0 Å². The molecule has 0 radical (unpaired) electrons. The van der Waals surface area contributed by atoms with Crippen LogP contribution in [0, 0.1) is 0 Å². The molecule has 1 amide bonds. The summed E-state index contributed by atoms with van der Waals surface area (Å²) in [6, 6.07) is 16.4. The van der Waals surface area contributed by atoms with Gasteiger partial charge in [-0.2, -0.15) is 0 Å². The summed E-state index contributed by atoms with van der Waals surface area (Å²) >= 11 is 0. The van der Waals surface area contributed by atoms with Crippen LogP contribution in [0.4, 0.5) is 5.69 Å². The summed E-state index contributed by atoms with van der Waals surface area (Å²) in [4.78, 5) is 16.4. The quantitative estimate of drug-likeness (QED) is 0.898. The molecule has 3 heteroatoms. The van der Waals surface area contributed by atoms with Crippen molar-refractivity contribution < 1.29 is 4.79 Å². The van der Waals surface area contributed by atoms with E-state index in [1.807, 2.05) is 36.4 Å². The number of nitrogens with zero attached hydrogens (tertiary/aromatic N) is 1. The smallest absolute Gasteiger partial charge is 0.246 e. The predicted octanol–water partition coefficient (Wildman–Crippen LogP) is 3.35. The van der Waals surface area contributed by atoms with Crippen molar-refractivity contribution in [3.05, 3.63) is 65.2 Å². The highest BCUT2D eigenvalue weighted by atomic mass is 16.1. The number of carbonyl (C=O) groups is 1. The van der Waals surface area contributed by atoms with Crippen molar-refractivity contribution >= 4 is 17.3 Å². The predicted molar refractivity (Wildman–Crippen MR) is 84.0 cm³/mol. The molecule has 0 unspecified atom stereocenters. The lowest BCUT2D eigenvalue weighted by molar-refractivity contribution is -0.114. The molecule has 1 fully saturated rings. The van der Waals surface area contributed by atoms with Gasteiger partial charge in [0.1, 0.15) is 6.54 Å². The van der Waals surface area contributed by atoms with Crippen molar-refractivity contribution in [1.82, 2.24) is 0 Å². The van der Waals surface area contributed by atoms with Gasteiger partial charge in [0.25, 0.3) is 0 Å². The number of carbonyl (C=O) groups excluding carboxylic acids is 1. The second kappa shape index (κ2) is 4.85.